The quantitative estimate of drug-likeness (QED) is 0.369. The molecule has 0 unspecified atom stereocenters. The highest BCUT2D eigenvalue weighted by molar-refractivity contribution is 7.89. The number of nitrogens with one attached hydrogen (secondary N) is 2. The molecule has 0 saturated carbocycles. The first-order valence-corrected chi connectivity index (χ1v) is 11.6. The fourth-order valence-corrected chi connectivity index (χ4v) is 4.08. The Kier molecular flexibility index (Phi) is 6.82. The number of carbonyl (C=O) groups excluding carboxylic acids is 1. The Bertz CT molecular complexity index is 1330. The van der Waals surface area contributed by atoms with E-state index in [0.717, 1.165) is 5.56 Å². The molecule has 0 aliphatic carbocycles. The van der Waals surface area contributed by atoms with Crippen molar-refractivity contribution in [2.24, 2.45) is 0 Å². The van der Waals surface area contributed by atoms with Gasteiger partial charge in [-0.15, -0.1) is 0 Å². The second-order valence-corrected chi connectivity index (χ2v) is 8.92. The van der Waals surface area contributed by atoms with Gasteiger partial charge >= 0.3 is 0 Å². The summed E-state index contributed by atoms with van der Waals surface area (Å²) in [6.07, 6.45) is 6.11. The Labute approximate surface area is 191 Å². The van der Waals surface area contributed by atoms with E-state index in [0.29, 0.717) is 23.7 Å². The van der Waals surface area contributed by atoms with Crippen LogP contribution in [0.2, 0.25) is 0 Å². The number of anilines is 1. The Hall–Kier alpha value is -3.95. The monoisotopic (exact) mass is 462 g/mol. The second kappa shape index (κ2) is 10.1. The highest BCUT2D eigenvalue weighted by Gasteiger charge is 2.14. The van der Waals surface area contributed by atoms with E-state index >= 15 is 0 Å². The minimum atomic E-state index is -3.67. The normalized spacial score (nSPS) is 11.6. The molecule has 8 nitrogen and oxygen atoms in total. The van der Waals surface area contributed by atoms with Gasteiger partial charge < -0.3 is 9.73 Å². The minimum absolute atomic E-state index is 0.0675. The third-order valence-electron chi connectivity index (χ3n) is 4.78. The lowest BCUT2D eigenvalue weighted by atomic mass is 10.2. The largest absolute Gasteiger partial charge is 0.468 e. The van der Waals surface area contributed by atoms with Gasteiger partial charge in [-0.2, -0.15) is 5.10 Å². The number of amides is 1. The Morgan fingerprint density at radius 1 is 1.00 bits per heavy atom. The van der Waals surface area contributed by atoms with Crippen molar-refractivity contribution in [2.75, 3.05) is 5.32 Å². The van der Waals surface area contributed by atoms with Crippen molar-refractivity contribution in [2.45, 2.75) is 18.0 Å². The highest BCUT2D eigenvalue weighted by atomic mass is 32.2. The van der Waals surface area contributed by atoms with Crippen molar-refractivity contribution in [3.63, 3.8) is 0 Å². The van der Waals surface area contributed by atoms with Gasteiger partial charge in [0.1, 0.15) is 11.6 Å². The minimum Gasteiger partial charge on any atom is -0.468 e. The summed E-state index contributed by atoms with van der Waals surface area (Å²) in [6.45, 7) is 0.606. The highest BCUT2D eigenvalue weighted by Crippen LogP contribution is 2.14. The van der Waals surface area contributed by atoms with Crippen LogP contribution in [0.1, 0.15) is 16.9 Å². The number of hydrogen-bond donors (Lipinski definition) is 2. The average molecular weight is 463 g/mol. The number of hydrogen-bond acceptors (Lipinski definition) is 5. The smallest absolute Gasteiger partial charge is 0.249 e. The number of rotatable bonds is 9. The summed E-state index contributed by atoms with van der Waals surface area (Å²) in [4.78, 5) is 12.5. The predicted molar refractivity (Wildman–Crippen MR) is 125 cm³/mol. The standard InChI is InChI=1S/C24H22N4O4S/c29-24(27-23-14-15-25-28(23)18-20-5-2-1-3-6-20)13-10-19-8-11-22(12-9-19)33(30,31)26-17-21-7-4-16-32-21/h1-16,26H,17-18H2,(H,27,29)/b13-10+. The van der Waals surface area contributed by atoms with Gasteiger partial charge in [0.2, 0.25) is 15.9 Å². The molecule has 0 saturated heterocycles. The van der Waals surface area contributed by atoms with Gasteiger partial charge in [-0.3, -0.25) is 4.79 Å². The van der Waals surface area contributed by atoms with Gasteiger partial charge in [0.25, 0.3) is 0 Å². The molecule has 0 spiro atoms. The summed E-state index contributed by atoms with van der Waals surface area (Å²) in [6, 6.07) is 21.2. The maximum absolute atomic E-state index is 12.4. The molecular formula is C24H22N4O4S. The van der Waals surface area contributed by atoms with Crippen molar-refractivity contribution < 1.29 is 17.6 Å². The summed E-state index contributed by atoms with van der Waals surface area (Å²) >= 11 is 0. The van der Waals surface area contributed by atoms with E-state index in [-0.39, 0.29) is 17.3 Å². The van der Waals surface area contributed by atoms with Crippen LogP contribution in [0.4, 0.5) is 5.82 Å². The van der Waals surface area contributed by atoms with Crippen LogP contribution in [-0.2, 0) is 27.9 Å². The van der Waals surface area contributed by atoms with E-state index in [1.165, 1.54) is 24.5 Å². The van der Waals surface area contributed by atoms with Crippen molar-refractivity contribution in [1.82, 2.24) is 14.5 Å². The van der Waals surface area contributed by atoms with Crippen molar-refractivity contribution in [3.8, 4) is 0 Å². The molecule has 33 heavy (non-hydrogen) atoms. The lowest BCUT2D eigenvalue weighted by Crippen LogP contribution is -2.22. The maximum Gasteiger partial charge on any atom is 0.249 e. The zero-order valence-electron chi connectivity index (χ0n) is 17.6. The van der Waals surface area contributed by atoms with E-state index in [4.69, 9.17) is 4.42 Å². The summed E-state index contributed by atoms with van der Waals surface area (Å²) in [5.41, 5.74) is 1.76. The van der Waals surface area contributed by atoms with Gasteiger partial charge in [-0.1, -0.05) is 42.5 Å². The van der Waals surface area contributed by atoms with Crippen LogP contribution in [0.5, 0.6) is 0 Å². The number of furan rings is 1. The molecule has 4 rings (SSSR count). The molecule has 0 bridgehead atoms. The van der Waals surface area contributed by atoms with Gasteiger partial charge in [-0.25, -0.2) is 17.8 Å². The summed E-state index contributed by atoms with van der Waals surface area (Å²) in [5, 5.41) is 7.06. The average Bonchev–Trinajstić information content (AvgIpc) is 3.50. The summed E-state index contributed by atoms with van der Waals surface area (Å²) < 4.78 is 34.1. The van der Waals surface area contributed by atoms with Crippen LogP contribution >= 0.6 is 0 Å². The molecule has 0 radical (unpaired) electrons. The van der Waals surface area contributed by atoms with Crippen LogP contribution < -0.4 is 10.0 Å². The van der Waals surface area contributed by atoms with Crippen LogP contribution in [0.25, 0.3) is 6.08 Å². The first-order valence-electron chi connectivity index (χ1n) is 10.2. The number of benzene rings is 2. The zero-order valence-corrected chi connectivity index (χ0v) is 18.4. The molecule has 0 atom stereocenters. The van der Waals surface area contributed by atoms with E-state index < -0.39 is 10.0 Å². The van der Waals surface area contributed by atoms with Gasteiger partial charge in [0.15, 0.2) is 0 Å². The first-order chi connectivity index (χ1) is 16.0. The predicted octanol–water partition coefficient (Wildman–Crippen LogP) is 3.65. The molecule has 4 aromatic rings. The third-order valence-corrected chi connectivity index (χ3v) is 6.19. The van der Waals surface area contributed by atoms with Crippen LogP contribution in [-0.4, -0.2) is 24.1 Å². The maximum atomic E-state index is 12.4. The topological polar surface area (TPSA) is 106 Å². The van der Waals surface area contributed by atoms with E-state index in [1.54, 1.807) is 47.3 Å². The van der Waals surface area contributed by atoms with Gasteiger partial charge in [0.05, 0.1) is 30.4 Å². The fourth-order valence-electron chi connectivity index (χ4n) is 3.08. The fraction of sp³-hybridized carbons (Fsp3) is 0.0833. The van der Waals surface area contributed by atoms with Crippen molar-refractivity contribution in [1.29, 1.82) is 0 Å². The van der Waals surface area contributed by atoms with Crippen LogP contribution in [0.15, 0.2) is 101 Å². The molecule has 2 aromatic carbocycles. The van der Waals surface area contributed by atoms with E-state index in [2.05, 4.69) is 15.1 Å². The lowest BCUT2D eigenvalue weighted by Gasteiger charge is -2.08. The molecule has 0 aliphatic heterocycles. The molecule has 168 valence electrons. The molecule has 9 heteroatoms. The summed E-state index contributed by atoms with van der Waals surface area (Å²) in [7, 11) is -3.67. The Morgan fingerprint density at radius 3 is 2.52 bits per heavy atom. The molecule has 2 heterocycles. The Balaban J connectivity index is 1.35. The number of sulfonamides is 1. The molecule has 0 aliphatic rings. The molecule has 2 N–H and O–H groups in total. The molecule has 2 aromatic heterocycles. The number of aromatic nitrogens is 2. The molecule has 1 amide bonds. The van der Waals surface area contributed by atoms with Gasteiger partial charge in [0, 0.05) is 12.1 Å². The lowest BCUT2D eigenvalue weighted by molar-refractivity contribution is -0.111. The third kappa shape index (κ3) is 6.06. The van der Waals surface area contributed by atoms with Crippen molar-refractivity contribution >= 4 is 27.8 Å². The van der Waals surface area contributed by atoms with Crippen LogP contribution in [0, 0.1) is 0 Å². The van der Waals surface area contributed by atoms with Gasteiger partial charge in [-0.05, 0) is 41.5 Å². The first kappa shape index (κ1) is 22.3. The zero-order chi connectivity index (χ0) is 23.1. The molecule has 0 fully saturated rings. The van der Waals surface area contributed by atoms with Crippen LogP contribution in [0.3, 0.4) is 0 Å². The number of carbonyl (C=O) groups is 1. The summed E-state index contributed by atoms with van der Waals surface area (Å²) in [5.74, 6) is 0.786. The van der Waals surface area contributed by atoms with E-state index in [1.807, 2.05) is 30.3 Å². The number of nitrogens with zero attached hydrogens (tertiary/aromatic N) is 2. The SMILES string of the molecule is O=C(/C=C/c1ccc(S(=O)(=O)NCc2ccco2)cc1)Nc1ccnn1Cc1ccccc1. The second-order valence-electron chi connectivity index (χ2n) is 7.16. The van der Waals surface area contributed by atoms with Crippen molar-refractivity contribution in [3.05, 3.63) is 108 Å². The Morgan fingerprint density at radius 2 is 1.79 bits per heavy atom. The van der Waals surface area contributed by atoms with E-state index in [9.17, 15) is 13.2 Å². The molecular weight excluding hydrogens is 440 g/mol.